The van der Waals surface area contributed by atoms with Crippen molar-refractivity contribution in [3.63, 3.8) is 0 Å². The summed E-state index contributed by atoms with van der Waals surface area (Å²) in [7, 11) is 0. The minimum absolute atomic E-state index is 0.269. The zero-order valence-electron chi connectivity index (χ0n) is 8.92. The molecule has 0 saturated heterocycles. The molecule has 0 atom stereocenters. The second-order valence-corrected chi connectivity index (χ2v) is 3.59. The van der Waals surface area contributed by atoms with Crippen LogP contribution in [-0.2, 0) is 4.79 Å². The maximum atomic E-state index is 10.5. The van der Waals surface area contributed by atoms with Gasteiger partial charge in [0.15, 0.2) is 0 Å². The van der Waals surface area contributed by atoms with E-state index >= 15 is 0 Å². The van der Waals surface area contributed by atoms with E-state index in [1.54, 1.807) is 0 Å². The number of primary amides is 1. The van der Waals surface area contributed by atoms with Crippen LogP contribution >= 0.6 is 0 Å². The van der Waals surface area contributed by atoms with Crippen molar-refractivity contribution in [1.29, 1.82) is 0 Å². The van der Waals surface area contributed by atoms with Crippen LogP contribution in [0.15, 0.2) is 18.2 Å². The van der Waals surface area contributed by atoms with Crippen LogP contribution in [-0.4, -0.2) is 12.5 Å². The molecule has 82 valence electrons. The van der Waals surface area contributed by atoms with Gasteiger partial charge in [-0.25, -0.2) is 0 Å². The number of anilines is 2. The number of rotatable bonds is 5. The largest absolute Gasteiger partial charge is 0.397 e. The first-order valence-electron chi connectivity index (χ1n) is 4.98. The Balaban J connectivity index is 2.43. The molecule has 0 radical (unpaired) electrons. The predicted molar refractivity (Wildman–Crippen MR) is 62.5 cm³/mol. The van der Waals surface area contributed by atoms with Crippen molar-refractivity contribution < 1.29 is 4.79 Å². The van der Waals surface area contributed by atoms with Crippen molar-refractivity contribution in [3.8, 4) is 0 Å². The molecule has 0 aliphatic rings. The maximum absolute atomic E-state index is 10.5. The van der Waals surface area contributed by atoms with Gasteiger partial charge in [0.2, 0.25) is 5.91 Å². The fraction of sp³-hybridized carbons (Fsp3) is 0.364. The summed E-state index contributed by atoms with van der Waals surface area (Å²) >= 11 is 0. The average molecular weight is 207 g/mol. The van der Waals surface area contributed by atoms with Crippen molar-refractivity contribution in [1.82, 2.24) is 0 Å². The lowest BCUT2D eigenvalue weighted by atomic mass is 10.2. The average Bonchev–Trinajstić information content (AvgIpc) is 2.17. The number of aryl methyl sites for hydroxylation is 1. The van der Waals surface area contributed by atoms with E-state index in [1.807, 2.05) is 25.1 Å². The molecule has 5 N–H and O–H groups in total. The molecule has 0 spiro atoms. The van der Waals surface area contributed by atoms with Crippen molar-refractivity contribution in [3.05, 3.63) is 23.8 Å². The molecule has 0 unspecified atom stereocenters. The van der Waals surface area contributed by atoms with E-state index in [1.165, 1.54) is 0 Å². The molecule has 4 nitrogen and oxygen atoms in total. The van der Waals surface area contributed by atoms with E-state index in [0.29, 0.717) is 13.0 Å². The molecule has 15 heavy (non-hydrogen) atoms. The molecule has 0 fully saturated rings. The van der Waals surface area contributed by atoms with Crippen LogP contribution in [0.3, 0.4) is 0 Å². The summed E-state index contributed by atoms with van der Waals surface area (Å²) in [5, 5.41) is 3.18. The van der Waals surface area contributed by atoms with E-state index in [0.717, 1.165) is 23.4 Å². The highest BCUT2D eigenvalue weighted by atomic mass is 16.1. The number of amides is 1. The molecule has 0 aromatic heterocycles. The Morgan fingerprint density at radius 1 is 1.47 bits per heavy atom. The first-order chi connectivity index (χ1) is 7.09. The van der Waals surface area contributed by atoms with Gasteiger partial charge in [-0.15, -0.1) is 0 Å². The van der Waals surface area contributed by atoms with E-state index in [4.69, 9.17) is 11.5 Å². The third kappa shape index (κ3) is 3.89. The molecule has 0 aliphatic carbocycles. The predicted octanol–water partition coefficient (Wildman–Crippen LogP) is 1.25. The molecule has 1 aromatic carbocycles. The van der Waals surface area contributed by atoms with Crippen molar-refractivity contribution >= 4 is 17.3 Å². The van der Waals surface area contributed by atoms with Crippen LogP contribution in [0.4, 0.5) is 11.4 Å². The summed E-state index contributed by atoms with van der Waals surface area (Å²) in [6.07, 6.45) is 1.13. The van der Waals surface area contributed by atoms with E-state index in [9.17, 15) is 4.79 Å². The summed E-state index contributed by atoms with van der Waals surface area (Å²) in [6.45, 7) is 2.71. The Labute approximate surface area is 89.6 Å². The number of benzene rings is 1. The number of hydrogen-bond donors (Lipinski definition) is 3. The molecule has 0 bridgehead atoms. The molecular formula is C11H17N3O. The van der Waals surface area contributed by atoms with E-state index in [2.05, 4.69) is 5.32 Å². The van der Waals surface area contributed by atoms with Crippen LogP contribution in [0, 0.1) is 6.92 Å². The van der Waals surface area contributed by atoms with Crippen molar-refractivity contribution in [2.45, 2.75) is 19.8 Å². The van der Waals surface area contributed by atoms with Gasteiger partial charge in [-0.3, -0.25) is 4.79 Å². The molecule has 4 heteroatoms. The second-order valence-electron chi connectivity index (χ2n) is 3.59. The lowest BCUT2D eigenvalue weighted by molar-refractivity contribution is -0.118. The molecule has 0 aliphatic heterocycles. The topological polar surface area (TPSA) is 81.1 Å². The van der Waals surface area contributed by atoms with Gasteiger partial charge in [-0.1, -0.05) is 6.07 Å². The van der Waals surface area contributed by atoms with Gasteiger partial charge in [0.25, 0.3) is 0 Å². The number of carbonyl (C=O) groups is 1. The van der Waals surface area contributed by atoms with Crippen LogP contribution in [0.2, 0.25) is 0 Å². The summed E-state index contributed by atoms with van der Waals surface area (Å²) in [6, 6.07) is 5.81. The highest BCUT2D eigenvalue weighted by Gasteiger charge is 1.99. The summed E-state index contributed by atoms with van der Waals surface area (Å²) in [4.78, 5) is 10.5. The lowest BCUT2D eigenvalue weighted by Crippen LogP contribution is -2.13. The molecule has 1 aromatic rings. The van der Waals surface area contributed by atoms with Gasteiger partial charge in [-0.05, 0) is 31.0 Å². The second kappa shape index (κ2) is 5.24. The Kier molecular flexibility index (Phi) is 3.97. The summed E-state index contributed by atoms with van der Waals surface area (Å²) in [5.41, 5.74) is 13.6. The molecular weight excluding hydrogens is 190 g/mol. The molecule has 0 heterocycles. The van der Waals surface area contributed by atoms with E-state index < -0.39 is 0 Å². The van der Waals surface area contributed by atoms with Crippen molar-refractivity contribution in [2.75, 3.05) is 17.6 Å². The minimum atomic E-state index is -0.269. The fourth-order valence-corrected chi connectivity index (χ4v) is 1.31. The third-order valence-corrected chi connectivity index (χ3v) is 2.12. The molecule has 0 saturated carbocycles. The maximum Gasteiger partial charge on any atom is 0.217 e. The van der Waals surface area contributed by atoms with Gasteiger partial charge in [-0.2, -0.15) is 0 Å². The van der Waals surface area contributed by atoms with Gasteiger partial charge in [0, 0.05) is 13.0 Å². The first-order valence-corrected chi connectivity index (χ1v) is 4.98. The number of nitrogens with one attached hydrogen (secondary N) is 1. The minimum Gasteiger partial charge on any atom is -0.397 e. The van der Waals surface area contributed by atoms with Gasteiger partial charge < -0.3 is 16.8 Å². The van der Waals surface area contributed by atoms with Gasteiger partial charge >= 0.3 is 0 Å². The molecule has 1 amide bonds. The SMILES string of the molecule is Cc1ccc(N)c(NCCCC(N)=O)c1. The number of nitrogens with two attached hydrogens (primary N) is 2. The zero-order chi connectivity index (χ0) is 11.3. The smallest absolute Gasteiger partial charge is 0.217 e. The summed E-state index contributed by atoms with van der Waals surface area (Å²) in [5.74, 6) is -0.269. The zero-order valence-corrected chi connectivity index (χ0v) is 8.92. The van der Waals surface area contributed by atoms with Crippen molar-refractivity contribution in [2.24, 2.45) is 5.73 Å². The third-order valence-electron chi connectivity index (χ3n) is 2.12. The highest BCUT2D eigenvalue weighted by Crippen LogP contribution is 2.19. The Bertz CT molecular complexity index is 350. The Morgan fingerprint density at radius 3 is 2.87 bits per heavy atom. The van der Waals surface area contributed by atoms with Crippen LogP contribution in [0.5, 0.6) is 0 Å². The number of hydrogen-bond acceptors (Lipinski definition) is 3. The first kappa shape index (κ1) is 11.4. The lowest BCUT2D eigenvalue weighted by Gasteiger charge is -2.09. The van der Waals surface area contributed by atoms with Gasteiger partial charge in [0.1, 0.15) is 0 Å². The quantitative estimate of drug-likeness (QED) is 0.502. The normalized spacial score (nSPS) is 9.93. The summed E-state index contributed by atoms with van der Waals surface area (Å²) < 4.78 is 0. The van der Waals surface area contributed by atoms with E-state index in [-0.39, 0.29) is 5.91 Å². The van der Waals surface area contributed by atoms with Crippen LogP contribution in [0.1, 0.15) is 18.4 Å². The Morgan fingerprint density at radius 2 is 2.20 bits per heavy atom. The van der Waals surface area contributed by atoms with Crippen LogP contribution < -0.4 is 16.8 Å². The fourth-order valence-electron chi connectivity index (χ4n) is 1.31. The number of nitrogen functional groups attached to an aromatic ring is 1. The van der Waals surface area contributed by atoms with Crippen LogP contribution in [0.25, 0.3) is 0 Å². The number of carbonyl (C=O) groups excluding carboxylic acids is 1. The Hall–Kier alpha value is -1.71. The highest BCUT2D eigenvalue weighted by molar-refractivity contribution is 5.73. The standard InChI is InChI=1S/C11H17N3O/c1-8-4-5-9(12)10(7-8)14-6-2-3-11(13)15/h4-5,7,14H,2-3,6,12H2,1H3,(H2,13,15). The van der Waals surface area contributed by atoms with Gasteiger partial charge in [0.05, 0.1) is 11.4 Å². The molecule has 1 rings (SSSR count). The monoisotopic (exact) mass is 207 g/mol.